The summed E-state index contributed by atoms with van der Waals surface area (Å²) in [5.41, 5.74) is 8.19. The lowest BCUT2D eigenvalue weighted by Crippen LogP contribution is -2.24. The Kier molecular flexibility index (Phi) is 6.35. The van der Waals surface area contributed by atoms with Gasteiger partial charge in [-0.25, -0.2) is 23.6 Å². The van der Waals surface area contributed by atoms with Crippen LogP contribution in [0.4, 0.5) is 25.1 Å². The van der Waals surface area contributed by atoms with Gasteiger partial charge >= 0.3 is 6.09 Å². The van der Waals surface area contributed by atoms with E-state index in [1.54, 1.807) is 6.20 Å². The predicted molar refractivity (Wildman–Crippen MR) is 112 cm³/mol. The highest BCUT2D eigenvalue weighted by Crippen LogP contribution is 2.29. The third-order valence-corrected chi connectivity index (χ3v) is 4.53. The minimum Gasteiger partial charge on any atom is -0.406 e. The summed E-state index contributed by atoms with van der Waals surface area (Å²) in [5, 5.41) is 4.75. The van der Waals surface area contributed by atoms with Gasteiger partial charge in [0.25, 0.3) is 6.43 Å². The molecule has 0 bridgehead atoms. The zero-order chi connectivity index (χ0) is 21.8. The van der Waals surface area contributed by atoms with E-state index in [1.807, 2.05) is 13.1 Å². The zero-order valence-electron chi connectivity index (χ0n) is 16.1. The Morgan fingerprint density at radius 2 is 2.13 bits per heavy atom. The first kappa shape index (κ1) is 21.3. The number of nitrogens with zero attached hydrogens (tertiary/aromatic N) is 4. The molecule has 0 radical (unpaired) electrons. The number of amides is 1. The lowest BCUT2D eigenvalue weighted by atomic mass is 10.2. The van der Waals surface area contributed by atoms with Gasteiger partial charge in [0.2, 0.25) is 5.11 Å². The average Bonchev–Trinajstić information content (AvgIpc) is 3.09. The van der Waals surface area contributed by atoms with Crippen molar-refractivity contribution in [1.29, 1.82) is 0 Å². The van der Waals surface area contributed by atoms with Gasteiger partial charge in [0, 0.05) is 32.4 Å². The number of fused-ring (bicyclic) bond motifs is 1. The monoisotopic (exact) mass is 435 g/mol. The SMILES string of the molecule is CNC(=O)Oc1cc(C(F)F)cnc1NC(=S)N=C(N)c1cc2c(cn1)N(C)CC2. The lowest BCUT2D eigenvalue weighted by molar-refractivity contribution is 0.150. The van der Waals surface area contributed by atoms with Crippen LogP contribution < -0.4 is 26.0 Å². The normalized spacial score (nSPS) is 13.2. The van der Waals surface area contributed by atoms with Gasteiger partial charge in [-0.15, -0.1) is 0 Å². The maximum atomic E-state index is 12.9. The summed E-state index contributed by atoms with van der Waals surface area (Å²) in [6, 6.07) is 2.83. The van der Waals surface area contributed by atoms with Crippen molar-refractivity contribution in [3.63, 3.8) is 0 Å². The highest BCUT2D eigenvalue weighted by Gasteiger charge is 2.18. The number of ether oxygens (including phenoxy) is 1. The molecule has 2 aromatic rings. The standard InChI is InChI=1S/C18H19F2N7O2S/c1-22-18(28)29-13-6-10(14(19)20)7-24-16(13)26-17(30)25-15(21)11-5-9-3-4-27(2)12(9)8-23-11/h5-8,14H,3-4H2,1-2H3,(H,22,28)(H3,21,24,25,26,30). The number of halogens is 2. The van der Waals surface area contributed by atoms with Crippen molar-refractivity contribution >= 4 is 40.8 Å². The molecule has 0 spiro atoms. The fourth-order valence-corrected chi connectivity index (χ4v) is 2.98. The summed E-state index contributed by atoms with van der Waals surface area (Å²) in [4.78, 5) is 25.8. The third kappa shape index (κ3) is 4.76. The smallest absolute Gasteiger partial charge is 0.406 e. The number of carbonyl (C=O) groups excluding carboxylic acids is 1. The molecule has 0 saturated heterocycles. The summed E-state index contributed by atoms with van der Waals surface area (Å²) in [7, 11) is 3.31. The Hall–Kier alpha value is -3.41. The van der Waals surface area contributed by atoms with E-state index in [9.17, 15) is 13.6 Å². The van der Waals surface area contributed by atoms with E-state index in [2.05, 4.69) is 30.5 Å². The van der Waals surface area contributed by atoms with Crippen LogP contribution in [0.3, 0.4) is 0 Å². The van der Waals surface area contributed by atoms with E-state index >= 15 is 0 Å². The van der Waals surface area contributed by atoms with Crippen LogP contribution in [0, 0.1) is 0 Å². The summed E-state index contributed by atoms with van der Waals surface area (Å²) in [6.45, 7) is 0.895. The minimum absolute atomic E-state index is 0.0620. The highest BCUT2D eigenvalue weighted by atomic mass is 32.1. The number of hydrogen-bond acceptors (Lipinski definition) is 6. The fourth-order valence-electron chi connectivity index (χ4n) is 2.78. The molecule has 1 aliphatic rings. The van der Waals surface area contributed by atoms with Crippen LogP contribution in [-0.4, -0.2) is 47.6 Å². The van der Waals surface area contributed by atoms with Gasteiger partial charge < -0.3 is 26.0 Å². The maximum Gasteiger partial charge on any atom is 0.412 e. The number of rotatable bonds is 4. The Morgan fingerprint density at radius 3 is 2.83 bits per heavy atom. The molecule has 12 heteroatoms. The molecule has 0 unspecified atom stereocenters. The lowest BCUT2D eigenvalue weighted by Gasteiger charge is -2.12. The molecular weight excluding hydrogens is 416 g/mol. The predicted octanol–water partition coefficient (Wildman–Crippen LogP) is 2.23. The maximum absolute atomic E-state index is 12.9. The largest absolute Gasteiger partial charge is 0.412 e. The van der Waals surface area contributed by atoms with Crippen molar-refractivity contribution in [1.82, 2.24) is 15.3 Å². The zero-order valence-corrected chi connectivity index (χ0v) is 17.0. The van der Waals surface area contributed by atoms with Crippen LogP contribution in [0.2, 0.25) is 0 Å². The summed E-state index contributed by atoms with van der Waals surface area (Å²) in [6.07, 6.45) is -0.108. The van der Waals surface area contributed by atoms with Crippen molar-refractivity contribution in [2.24, 2.45) is 10.7 Å². The Morgan fingerprint density at radius 1 is 1.37 bits per heavy atom. The molecular formula is C18H19F2N7O2S. The summed E-state index contributed by atoms with van der Waals surface area (Å²) >= 11 is 5.16. The molecule has 1 aliphatic heterocycles. The van der Waals surface area contributed by atoms with Gasteiger partial charge in [0.15, 0.2) is 17.4 Å². The van der Waals surface area contributed by atoms with Crippen molar-refractivity contribution in [2.45, 2.75) is 12.8 Å². The quantitative estimate of drug-likeness (QED) is 0.380. The first-order chi connectivity index (χ1) is 14.3. The first-order valence-electron chi connectivity index (χ1n) is 8.81. The highest BCUT2D eigenvalue weighted by molar-refractivity contribution is 7.80. The molecule has 0 atom stereocenters. The second-order valence-corrected chi connectivity index (χ2v) is 6.74. The molecule has 4 N–H and O–H groups in total. The van der Waals surface area contributed by atoms with E-state index in [-0.39, 0.29) is 22.5 Å². The molecule has 158 valence electrons. The van der Waals surface area contributed by atoms with E-state index in [0.29, 0.717) is 5.69 Å². The Labute approximate surface area is 176 Å². The second-order valence-electron chi connectivity index (χ2n) is 6.35. The van der Waals surface area contributed by atoms with E-state index in [0.717, 1.165) is 36.5 Å². The number of hydrogen-bond donors (Lipinski definition) is 3. The fraction of sp³-hybridized carbons (Fsp3) is 0.278. The van der Waals surface area contributed by atoms with E-state index < -0.39 is 18.1 Å². The van der Waals surface area contributed by atoms with E-state index in [4.69, 9.17) is 22.7 Å². The number of nitrogens with one attached hydrogen (secondary N) is 2. The molecule has 3 heterocycles. The van der Waals surface area contributed by atoms with Crippen LogP contribution in [0.5, 0.6) is 5.75 Å². The number of carbonyl (C=O) groups is 1. The minimum atomic E-state index is -2.79. The van der Waals surface area contributed by atoms with Gasteiger partial charge in [0.05, 0.1) is 11.9 Å². The first-order valence-corrected chi connectivity index (χ1v) is 9.22. The van der Waals surface area contributed by atoms with Gasteiger partial charge in [0.1, 0.15) is 5.69 Å². The molecule has 3 rings (SSSR count). The van der Waals surface area contributed by atoms with Crippen molar-refractivity contribution in [2.75, 3.05) is 30.9 Å². The number of aromatic nitrogens is 2. The number of thiocarbonyl (C=S) groups is 1. The van der Waals surface area contributed by atoms with Gasteiger partial charge in [-0.05, 0) is 36.3 Å². The molecule has 1 amide bonds. The van der Waals surface area contributed by atoms with Gasteiger partial charge in [-0.1, -0.05) is 0 Å². The van der Waals surface area contributed by atoms with Crippen LogP contribution >= 0.6 is 12.2 Å². The average molecular weight is 435 g/mol. The summed E-state index contributed by atoms with van der Waals surface area (Å²) < 4.78 is 30.9. The number of pyridine rings is 2. The molecule has 0 saturated carbocycles. The third-order valence-electron chi connectivity index (χ3n) is 4.34. The van der Waals surface area contributed by atoms with Crippen molar-refractivity contribution < 1.29 is 18.3 Å². The topological polar surface area (TPSA) is 118 Å². The molecule has 0 aromatic carbocycles. The van der Waals surface area contributed by atoms with Crippen molar-refractivity contribution in [3.05, 3.63) is 41.3 Å². The Bertz CT molecular complexity index is 1020. The number of amidine groups is 1. The number of aliphatic imine (C=N–C) groups is 1. The summed E-state index contributed by atoms with van der Waals surface area (Å²) in [5.74, 6) is -0.224. The molecule has 0 aliphatic carbocycles. The van der Waals surface area contributed by atoms with Gasteiger partial charge in [-0.2, -0.15) is 0 Å². The second kappa shape index (κ2) is 8.95. The number of likely N-dealkylation sites (N-methyl/N-ethyl adjacent to an activating group) is 1. The molecule has 9 nitrogen and oxygen atoms in total. The number of nitrogens with two attached hydrogens (primary N) is 1. The van der Waals surface area contributed by atoms with Crippen LogP contribution in [-0.2, 0) is 6.42 Å². The van der Waals surface area contributed by atoms with Crippen LogP contribution in [0.15, 0.2) is 29.5 Å². The Balaban J connectivity index is 1.80. The number of alkyl halides is 2. The van der Waals surface area contributed by atoms with Crippen molar-refractivity contribution in [3.8, 4) is 5.75 Å². The van der Waals surface area contributed by atoms with Crippen LogP contribution in [0.1, 0.15) is 23.2 Å². The number of anilines is 2. The van der Waals surface area contributed by atoms with Gasteiger partial charge in [-0.3, -0.25) is 4.98 Å². The molecule has 0 fully saturated rings. The van der Waals surface area contributed by atoms with E-state index in [1.165, 1.54) is 7.05 Å². The molecule has 30 heavy (non-hydrogen) atoms. The van der Waals surface area contributed by atoms with Crippen LogP contribution in [0.25, 0.3) is 0 Å². The molecule has 2 aromatic heterocycles.